The first-order valence-corrected chi connectivity index (χ1v) is 5.46. The molecular formula is C10H16ClN3. The van der Waals surface area contributed by atoms with E-state index in [0.717, 1.165) is 31.1 Å². The van der Waals surface area contributed by atoms with Gasteiger partial charge in [0.15, 0.2) is 0 Å². The molecular weight excluding hydrogens is 198 g/mol. The van der Waals surface area contributed by atoms with Crippen molar-refractivity contribution < 1.29 is 0 Å². The third-order valence-corrected chi connectivity index (χ3v) is 2.47. The highest BCUT2D eigenvalue weighted by atomic mass is 35.5. The van der Waals surface area contributed by atoms with E-state index in [1.165, 1.54) is 0 Å². The van der Waals surface area contributed by atoms with Crippen molar-refractivity contribution in [2.45, 2.75) is 19.8 Å². The summed E-state index contributed by atoms with van der Waals surface area (Å²) < 4.78 is 0. The number of nitrogens with one attached hydrogen (secondary N) is 1. The summed E-state index contributed by atoms with van der Waals surface area (Å²) in [7, 11) is 0. The van der Waals surface area contributed by atoms with E-state index in [0.29, 0.717) is 5.92 Å². The van der Waals surface area contributed by atoms with E-state index in [4.69, 9.17) is 11.6 Å². The number of halogens is 1. The summed E-state index contributed by atoms with van der Waals surface area (Å²) in [6.45, 7) is 3.11. The molecule has 0 amide bonds. The molecule has 0 spiro atoms. The SMILES string of the molecule is CCC(CCCl)CNc1ccncn1. The quantitative estimate of drug-likeness (QED) is 0.739. The highest BCUT2D eigenvalue weighted by Gasteiger charge is 2.04. The maximum atomic E-state index is 5.70. The molecule has 0 saturated heterocycles. The highest BCUT2D eigenvalue weighted by Crippen LogP contribution is 2.10. The van der Waals surface area contributed by atoms with Crippen molar-refractivity contribution in [2.24, 2.45) is 5.92 Å². The Labute approximate surface area is 89.9 Å². The molecule has 1 atom stereocenters. The van der Waals surface area contributed by atoms with Crippen molar-refractivity contribution in [3.63, 3.8) is 0 Å². The number of alkyl halides is 1. The summed E-state index contributed by atoms with van der Waals surface area (Å²) in [4.78, 5) is 7.95. The Hall–Kier alpha value is -0.830. The fourth-order valence-electron chi connectivity index (χ4n) is 1.25. The molecule has 1 aromatic rings. The number of nitrogens with zero attached hydrogens (tertiary/aromatic N) is 2. The molecule has 3 nitrogen and oxygen atoms in total. The highest BCUT2D eigenvalue weighted by molar-refractivity contribution is 6.17. The molecule has 1 N–H and O–H groups in total. The van der Waals surface area contributed by atoms with E-state index < -0.39 is 0 Å². The van der Waals surface area contributed by atoms with Gasteiger partial charge in [0.25, 0.3) is 0 Å². The van der Waals surface area contributed by atoms with E-state index in [9.17, 15) is 0 Å². The molecule has 0 bridgehead atoms. The van der Waals surface area contributed by atoms with Crippen LogP contribution < -0.4 is 5.32 Å². The largest absolute Gasteiger partial charge is 0.370 e. The van der Waals surface area contributed by atoms with Gasteiger partial charge in [-0.2, -0.15) is 0 Å². The molecule has 1 heterocycles. The van der Waals surface area contributed by atoms with Crippen molar-refractivity contribution in [1.82, 2.24) is 9.97 Å². The van der Waals surface area contributed by atoms with Crippen LogP contribution in [-0.2, 0) is 0 Å². The lowest BCUT2D eigenvalue weighted by Gasteiger charge is -2.14. The molecule has 78 valence electrons. The summed E-state index contributed by atoms with van der Waals surface area (Å²) in [6.07, 6.45) is 5.48. The molecule has 4 heteroatoms. The normalized spacial score (nSPS) is 12.4. The lowest BCUT2D eigenvalue weighted by molar-refractivity contribution is 0.521. The first-order valence-electron chi connectivity index (χ1n) is 4.92. The average Bonchev–Trinajstić information content (AvgIpc) is 2.25. The van der Waals surface area contributed by atoms with E-state index in [2.05, 4.69) is 22.2 Å². The predicted molar refractivity (Wildman–Crippen MR) is 59.6 cm³/mol. The third kappa shape index (κ3) is 3.92. The fraction of sp³-hybridized carbons (Fsp3) is 0.600. The van der Waals surface area contributed by atoms with Crippen LogP contribution in [0.2, 0.25) is 0 Å². The molecule has 0 aliphatic carbocycles. The zero-order chi connectivity index (χ0) is 10.2. The second kappa shape index (κ2) is 6.60. The van der Waals surface area contributed by atoms with Crippen molar-refractivity contribution in [3.05, 3.63) is 18.6 Å². The second-order valence-corrected chi connectivity index (χ2v) is 3.61. The lowest BCUT2D eigenvalue weighted by atomic mass is 10.0. The molecule has 14 heavy (non-hydrogen) atoms. The Morgan fingerprint density at radius 1 is 1.57 bits per heavy atom. The Balaban J connectivity index is 2.32. The van der Waals surface area contributed by atoms with Crippen LogP contribution in [0.25, 0.3) is 0 Å². The molecule has 0 aliphatic rings. The van der Waals surface area contributed by atoms with E-state index >= 15 is 0 Å². The fourth-order valence-corrected chi connectivity index (χ4v) is 1.56. The molecule has 1 rings (SSSR count). The van der Waals surface area contributed by atoms with Crippen LogP contribution in [0.5, 0.6) is 0 Å². The molecule has 0 saturated carbocycles. The van der Waals surface area contributed by atoms with Gasteiger partial charge >= 0.3 is 0 Å². The van der Waals surface area contributed by atoms with Gasteiger partial charge in [-0.05, 0) is 18.4 Å². The molecule has 0 aromatic carbocycles. The molecule has 1 unspecified atom stereocenters. The molecule has 0 fully saturated rings. The summed E-state index contributed by atoms with van der Waals surface area (Å²) in [5, 5.41) is 3.27. The number of hydrogen-bond acceptors (Lipinski definition) is 3. The zero-order valence-corrected chi connectivity index (χ0v) is 9.17. The van der Waals surface area contributed by atoms with Crippen molar-refractivity contribution in [1.29, 1.82) is 0 Å². The van der Waals surface area contributed by atoms with Gasteiger partial charge in [0, 0.05) is 18.6 Å². The predicted octanol–water partition coefficient (Wildman–Crippen LogP) is 2.54. The Morgan fingerprint density at radius 2 is 2.43 bits per heavy atom. The van der Waals surface area contributed by atoms with Crippen LogP contribution in [0.1, 0.15) is 19.8 Å². The van der Waals surface area contributed by atoms with E-state index in [1.807, 2.05) is 6.07 Å². The minimum absolute atomic E-state index is 0.627. The average molecular weight is 214 g/mol. The van der Waals surface area contributed by atoms with Crippen LogP contribution in [-0.4, -0.2) is 22.4 Å². The summed E-state index contributed by atoms with van der Waals surface area (Å²) in [6, 6.07) is 1.87. The third-order valence-electron chi connectivity index (χ3n) is 2.25. The minimum atomic E-state index is 0.627. The Morgan fingerprint density at radius 3 is 3.00 bits per heavy atom. The lowest BCUT2D eigenvalue weighted by Crippen LogP contribution is -2.14. The van der Waals surface area contributed by atoms with Crippen molar-refractivity contribution in [2.75, 3.05) is 17.7 Å². The standard InChI is InChI=1S/C10H16ClN3/c1-2-9(3-5-11)7-13-10-4-6-12-8-14-10/h4,6,8-9H,2-3,5,7H2,1H3,(H,12,13,14). The van der Waals surface area contributed by atoms with Gasteiger partial charge in [0.2, 0.25) is 0 Å². The van der Waals surface area contributed by atoms with Gasteiger partial charge < -0.3 is 5.32 Å². The topological polar surface area (TPSA) is 37.8 Å². The Kier molecular flexibility index (Phi) is 5.30. The van der Waals surface area contributed by atoms with Crippen LogP contribution in [0.15, 0.2) is 18.6 Å². The van der Waals surface area contributed by atoms with E-state index in [1.54, 1.807) is 12.5 Å². The van der Waals surface area contributed by atoms with Crippen LogP contribution in [0.3, 0.4) is 0 Å². The van der Waals surface area contributed by atoms with Crippen LogP contribution in [0.4, 0.5) is 5.82 Å². The van der Waals surface area contributed by atoms with Crippen LogP contribution >= 0.6 is 11.6 Å². The van der Waals surface area contributed by atoms with Crippen molar-refractivity contribution in [3.8, 4) is 0 Å². The first-order chi connectivity index (χ1) is 6.86. The van der Waals surface area contributed by atoms with Gasteiger partial charge in [-0.3, -0.25) is 0 Å². The maximum absolute atomic E-state index is 5.70. The monoisotopic (exact) mass is 213 g/mol. The van der Waals surface area contributed by atoms with E-state index in [-0.39, 0.29) is 0 Å². The van der Waals surface area contributed by atoms with Gasteiger partial charge in [-0.15, -0.1) is 11.6 Å². The zero-order valence-electron chi connectivity index (χ0n) is 8.41. The minimum Gasteiger partial charge on any atom is -0.370 e. The second-order valence-electron chi connectivity index (χ2n) is 3.23. The number of rotatable bonds is 6. The number of anilines is 1. The molecule has 0 aliphatic heterocycles. The van der Waals surface area contributed by atoms with Crippen LogP contribution in [0, 0.1) is 5.92 Å². The Bertz CT molecular complexity index is 240. The smallest absolute Gasteiger partial charge is 0.129 e. The van der Waals surface area contributed by atoms with Gasteiger partial charge in [-0.1, -0.05) is 13.3 Å². The molecule has 0 radical (unpaired) electrons. The van der Waals surface area contributed by atoms with Gasteiger partial charge in [-0.25, -0.2) is 9.97 Å². The molecule has 1 aromatic heterocycles. The van der Waals surface area contributed by atoms with Gasteiger partial charge in [0.05, 0.1) is 0 Å². The maximum Gasteiger partial charge on any atom is 0.129 e. The number of hydrogen-bond donors (Lipinski definition) is 1. The number of aromatic nitrogens is 2. The summed E-state index contributed by atoms with van der Waals surface area (Å²) in [5.74, 6) is 2.24. The first kappa shape index (κ1) is 11.2. The van der Waals surface area contributed by atoms with Crippen molar-refractivity contribution >= 4 is 17.4 Å². The summed E-state index contributed by atoms with van der Waals surface area (Å²) in [5.41, 5.74) is 0. The summed E-state index contributed by atoms with van der Waals surface area (Å²) >= 11 is 5.70. The van der Waals surface area contributed by atoms with Gasteiger partial charge in [0.1, 0.15) is 12.1 Å².